The van der Waals surface area contributed by atoms with Crippen molar-refractivity contribution >= 4 is 0 Å². The highest BCUT2D eigenvalue weighted by atomic mass is 79.9. The maximum atomic E-state index is 5.95. The van der Waals surface area contributed by atoms with E-state index in [1.165, 1.54) is 24.8 Å². The van der Waals surface area contributed by atoms with E-state index < -0.39 is 0 Å². The summed E-state index contributed by atoms with van der Waals surface area (Å²) in [5.74, 6) is 0.206. The minimum Gasteiger partial charge on any atom is -1.00 e. The smallest absolute Gasteiger partial charge is 0.177 e. The van der Waals surface area contributed by atoms with Gasteiger partial charge < -0.3 is 26.5 Å². The van der Waals surface area contributed by atoms with Gasteiger partial charge in [0.15, 0.2) is 24.7 Å². The summed E-state index contributed by atoms with van der Waals surface area (Å²) in [7, 11) is 0. The molecule has 2 heterocycles. The van der Waals surface area contributed by atoms with Gasteiger partial charge >= 0.3 is 0 Å². The summed E-state index contributed by atoms with van der Waals surface area (Å²) in [6.07, 6.45) is 9.12. The second-order valence-corrected chi connectivity index (χ2v) is 5.52. The second-order valence-electron chi connectivity index (χ2n) is 5.52. The normalized spacial score (nSPS) is 25.2. The van der Waals surface area contributed by atoms with Gasteiger partial charge in [-0.1, -0.05) is 6.42 Å². The summed E-state index contributed by atoms with van der Waals surface area (Å²) in [6.45, 7) is 4.64. The van der Waals surface area contributed by atoms with E-state index in [-0.39, 0.29) is 22.8 Å². The van der Waals surface area contributed by atoms with Crippen LogP contribution in [0, 0.1) is 12.8 Å². The van der Waals surface area contributed by atoms with E-state index in [0.717, 1.165) is 26.2 Å². The molecule has 1 aliphatic heterocycles. The number of hydrogen-bond donors (Lipinski definition) is 0. The lowest BCUT2D eigenvalue weighted by molar-refractivity contribution is -0.707. The zero-order chi connectivity index (χ0) is 12.4. The van der Waals surface area contributed by atoms with Gasteiger partial charge in [-0.15, -0.1) is 0 Å². The predicted octanol–water partition coefficient (Wildman–Crippen LogP) is -0.780. The highest BCUT2D eigenvalue weighted by molar-refractivity contribution is 5.03. The van der Waals surface area contributed by atoms with Crippen LogP contribution in [0.4, 0.5) is 0 Å². The third-order valence-corrected chi connectivity index (χ3v) is 4.21. The lowest BCUT2D eigenvalue weighted by Gasteiger charge is -2.37. The Morgan fingerprint density at radius 2 is 1.89 bits per heavy atom. The monoisotopic (exact) mass is 327 g/mol. The van der Waals surface area contributed by atoms with Gasteiger partial charge in [-0.2, -0.15) is 0 Å². The summed E-state index contributed by atoms with van der Waals surface area (Å²) in [4.78, 5) is 0. The van der Waals surface area contributed by atoms with E-state index in [2.05, 4.69) is 36.0 Å². The number of ether oxygens (including phenoxy) is 2. The molecule has 2 aliphatic rings. The summed E-state index contributed by atoms with van der Waals surface area (Å²) >= 11 is 0. The Morgan fingerprint density at radius 3 is 2.58 bits per heavy atom. The zero-order valence-corrected chi connectivity index (χ0v) is 13.1. The van der Waals surface area contributed by atoms with Crippen LogP contribution in [-0.4, -0.2) is 19.0 Å². The fourth-order valence-corrected chi connectivity index (χ4v) is 3.18. The minimum atomic E-state index is -0.282. The van der Waals surface area contributed by atoms with Gasteiger partial charge in [0.2, 0.25) is 0 Å². The standard InChI is InChI=1S/C15H22NO2.BrH/c1-13-5-8-16(9-6-13)12-14-4-2-3-7-15(14)17-10-11-18-15;/h5-6,8-9,14H,2-4,7,10-12H2,1H3;1H/q+1;/p-1. The molecule has 3 nitrogen and oxygen atoms in total. The van der Waals surface area contributed by atoms with Gasteiger partial charge in [0.05, 0.1) is 19.1 Å². The lowest BCUT2D eigenvalue weighted by Crippen LogP contribution is -3.00. The molecule has 19 heavy (non-hydrogen) atoms. The number of aryl methyl sites for hydroxylation is 1. The second kappa shape index (κ2) is 6.33. The van der Waals surface area contributed by atoms with Gasteiger partial charge in [-0.3, -0.25) is 0 Å². The maximum Gasteiger partial charge on any atom is 0.177 e. The van der Waals surface area contributed by atoms with Crippen molar-refractivity contribution in [3.8, 4) is 0 Å². The summed E-state index contributed by atoms with van der Waals surface area (Å²) in [6, 6.07) is 4.32. The Morgan fingerprint density at radius 1 is 1.21 bits per heavy atom. The van der Waals surface area contributed by atoms with Crippen molar-refractivity contribution in [3.63, 3.8) is 0 Å². The Hall–Kier alpha value is -0.450. The zero-order valence-electron chi connectivity index (χ0n) is 11.5. The number of pyridine rings is 1. The highest BCUT2D eigenvalue weighted by Crippen LogP contribution is 2.40. The molecule has 1 aromatic rings. The molecule has 0 N–H and O–H groups in total. The van der Waals surface area contributed by atoms with Crippen LogP contribution in [0.2, 0.25) is 0 Å². The summed E-state index contributed by atoms with van der Waals surface area (Å²) in [5.41, 5.74) is 1.30. The van der Waals surface area contributed by atoms with Crippen LogP contribution in [0.15, 0.2) is 24.5 Å². The Balaban J connectivity index is 0.00000133. The molecule has 106 valence electrons. The molecule has 4 heteroatoms. The van der Waals surface area contributed by atoms with Crippen LogP contribution in [-0.2, 0) is 16.0 Å². The molecule has 1 saturated carbocycles. The molecule has 0 bridgehead atoms. The van der Waals surface area contributed by atoms with Crippen molar-refractivity contribution in [1.82, 2.24) is 0 Å². The van der Waals surface area contributed by atoms with E-state index >= 15 is 0 Å². The third kappa shape index (κ3) is 3.18. The van der Waals surface area contributed by atoms with E-state index in [4.69, 9.17) is 9.47 Å². The molecule has 0 radical (unpaired) electrons. The Bertz CT molecular complexity index is 401. The van der Waals surface area contributed by atoms with Crippen molar-refractivity contribution in [3.05, 3.63) is 30.1 Å². The number of nitrogens with zero attached hydrogens (tertiary/aromatic N) is 1. The number of hydrogen-bond acceptors (Lipinski definition) is 2. The van der Waals surface area contributed by atoms with Crippen molar-refractivity contribution in [2.24, 2.45) is 5.92 Å². The van der Waals surface area contributed by atoms with E-state index in [1.807, 2.05) is 0 Å². The largest absolute Gasteiger partial charge is 1.00 e. The lowest BCUT2D eigenvalue weighted by atomic mass is 9.83. The van der Waals surface area contributed by atoms with E-state index in [9.17, 15) is 0 Å². The van der Waals surface area contributed by atoms with Crippen molar-refractivity contribution in [2.45, 2.75) is 44.9 Å². The number of rotatable bonds is 2. The molecule has 1 aliphatic carbocycles. The maximum absolute atomic E-state index is 5.95. The average Bonchev–Trinajstić information content (AvgIpc) is 2.84. The molecule has 1 unspecified atom stereocenters. The number of aromatic nitrogens is 1. The van der Waals surface area contributed by atoms with E-state index in [1.54, 1.807) is 0 Å². The molecule has 1 atom stereocenters. The summed E-state index contributed by atoms with van der Waals surface area (Å²) in [5, 5.41) is 0. The van der Waals surface area contributed by atoms with Crippen LogP contribution < -0.4 is 21.5 Å². The Labute approximate surface area is 125 Å². The van der Waals surface area contributed by atoms with Gasteiger partial charge in [-0.05, 0) is 25.3 Å². The first-order valence-corrected chi connectivity index (χ1v) is 7.02. The quantitative estimate of drug-likeness (QED) is 0.665. The molecule has 0 amide bonds. The van der Waals surface area contributed by atoms with E-state index in [0.29, 0.717) is 5.92 Å². The molecular formula is C15H22BrNO2. The van der Waals surface area contributed by atoms with Crippen LogP contribution in [0.5, 0.6) is 0 Å². The first-order chi connectivity index (χ1) is 8.78. The van der Waals surface area contributed by atoms with Crippen molar-refractivity contribution in [1.29, 1.82) is 0 Å². The first-order valence-electron chi connectivity index (χ1n) is 7.02. The molecule has 1 saturated heterocycles. The van der Waals surface area contributed by atoms with Gasteiger partial charge in [-0.25, -0.2) is 4.57 Å². The Kier molecular flexibility index (Phi) is 4.98. The molecule has 0 aromatic carbocycles. The van der Waals surface area contributed by atoms with Crippen LogP contribution >= 0.6 is 0 Å². The summed E-state index contributed by atoms with van der Waals surface area (Å²) < 4.78 is 14.2. The first kappa shape index (κ1) is 14.9. The van der Waals surface area contributed by atoms with Gasteiger partial charge in [0.1, 0.15) is 0 Å². The van der Waals surface area contributed by atoms with Gasteiger partial charge in [0.25, 0.3) is 0 Å². The SMILES string of the molecule is Cc1cc[n+](CC2CCCCC23OCCO3)cc1.[Br-]. The third-order valence-electron chi connectivity index (χ3n) is 4.21. The molecule has 1 aromatic heterocycles. The van der Waals surface area contributed by atoms with Crippen LogP contribution in [0.25, 0.3) is 0 Å². The fraction of sp³-hybridized carbons (Fsp3) is 0.667. The van der Waals surface area contributed by atoms with Gasteiger partial charge in [0, 0.05) is 18.6 Å². The average molecular weight is 328 g/mol. The topological polar surface area (TPSA) is 22.3 Å². The van der Waals surface area contributed by atoms with Crippen LogP contribution in [0.1, 0.15) is 31.2 Å². The van der Waals surface area contributed by atoms with Crippen LogP contribution in [0.3, 0.4) is 0 Å². The fourth-order valence-electron chi connectivity index (χ4n) is 3.18. The molecule has 2 fully saturated rings. The molecule has 3 rings (SSSR count). The van der Waals surface area contributed by atoms with Crippen molar-refractivity contribution < 1.29 is 31.0 Å². The van der Waals surface area contributed by atoms with Crippen molar-refractivity contribution in [2.75, 3.05) is 13.2 Å². The predicted molar refractivity (Wildman–Crippen MR) is 68.0 cm³/mol. The number of halogens is 1. The minimum absolute atomic E-state index is 0. The molecule has 1 spiro atoms. The highest BCUT2D eigenvalue weighted by Gasteiger charge is 2.47. The molecular weight excluding hydrogens is 306 g/mol.